The molecular weight excluding hydrogens is 330 g/mol. The van der Waals surface area contributed by atoms with Gasteiger partial charge in [0.15, 0.2) is 6.10 Å². The molecule has 0 saturated carbocycles. The van der Waals surface area contributed by atoms with Gasteiger partial charge in [-0.15, -0.1) is 0 Å². The Bertz CT molecular complexity index is 796. The molecule has 5 nitrogen and oxygen atoms in total. The lowest BCUT2D eigenvalue weighted by molar-refractivity contribution is -0.145. The van der Waals surface area contributed by atoms with E-state index in [-0.39, 0.29) is 18.2 Å². The number of benzene rings is 2. The smallest absolute Gasteiger partial charge is 0.326 e. The summed E-state index contributed by atoms with van der Waals surface area (Å²) in [5.74, 6) is -1.29. The van der Waals surface area contributed by atoms with Gasteiger partial charge in [0, 0.05) is 11.1 Å². The molecule has 0 radical (unpaired) electrons. The van der Waals surface area contributed by atoms with E-state index in [0.717, 1.165) is 17.5 Å². The molecule has 2 aromatic carbocycles. The number of carbonyl (C=O) groups is 3. The number of amides is 1. The highest BCUT2D eigenvalue weighted by Gasteiger charge is 2.20. The fourth-order valence-electron chi connectivity index (χ4n) is 2.47. The molecule has 0 saturated heterocycles. The van der Waals surface area contributed by atoms with Crippen LogP contribution in [0.4, 0.5) is 0 Å². The van der Waals surface area contributed by atoms with Crippen molar-refractivity contribution < 1.29 is 19.1 Å². The maximum atomic E-state index is 12.3. The molecule has 1 N–H and O–H groups in total. The number of nitrogens with one attached hydrogen (secondary N) is 1. The summed E-state index contributed by atoms with van der Waals surface area (Å²) in [4.78, 5) is 36.2. The highest BCUT2D eigenvalue weighted by atomic mass is 16.5. The highest BCUT2D eigenvalue weighted by molar-refractivity contribution is 6.00. The first-order valence-corrected chi connectivity index (χ1v) is 8.58. The lowest BCUT2D eigenvalue weighted by Crippen LogP contribution is -2.34. The summed E-state index contributed by atoms with van der Waals surface area (Å²) in [6, 6.07) is 14.3. The van der Waals surface area contributed by atoms with Crippen molar-refractivity contribution in [2.24, 2.45) is 0 Å². The third-order valence-corrected chi connectivity index (χ3v) is 4.00. The number of ether oxygens (including phenoxy) is 1. The summed E-state index contributed by atoms with van der Waals surface area (Å²) in [7, 11) is 0. The maximum Gasteiger partial charge on any atom is 0.326 e. The van der Waals surface area contributed by atoms with Crippen molar-refractivity contribution >= 4 is 17.7 Å². The van der Waals surface area contributed by atoms with Crippen LogP contribution in [0.5, 0.6) is 0 Å². The summed E-state index contributed by atoms with van der Waals surface area (Å²) in [5, 5.41) is 2.50. The second-order valence-electron chi connectivity index (χ2n) is 6.10. The monoisotopic (exact) mass is 353 g/mol. The van der Waals surface area contributed by atoms with E-state index in [9.17, 15) is 14.4 Å². The quantitative estimate of drug-likeness (QED) is 0.613. The second kappa shape index (κ2) is 8.94. The summed E-state index contributed by atoms with van der Waals surface area (Å²) < 4.78 is 5.13. The van der Waals surface area contributed by atoms with Gasteiger partial charge in [-0.05, 0) is 38.0 Å². The number of carbonyl (C=O) groups excluding carboxylic acids is 3. The predicted molar refractivity (Wildman–Crippen MR) is 99.2 cm³/mol. The van der Waals surface area contributed by atoms with Gasteiger partial charge in [0.05, 0.1) is 0 Å². The predicted octanol–water partition coefficient (Wildman–Crippen LogP) is 3.10. The van der Waals surface area contributed by atoms with Gasteiger partial charge >= 0.3 is 5.97 Å². The number of rotatable bonds is 7. The lowest BCUT2D eigenvalue weighted by Gasteiger charge is -2.13. The Balaban J connectivity index is 1.86. The number of ketones is 1. The van der Waals surface area contributed by atoms with Crippen molar-refractivity contribution in [3.8, 4) is 0 Å². The molecule has 0 unspecified atom stereocenters. The van der Waals surface area contributed by atoms with Crippen molar-refractivity contribution in [3.63, 3.8) is 0 Å². The van der Waals surface area contributed by atoms with Crippen LogP contribution in [-0.2, 0) is 16.0 Å². The van der Waals surface area contributed by atoms with Crippen molar-refractivity contribution in [1.82, 2.24) is 5.32 Å². The summed E-state index contributed by atoms with van der Waals surface area (Å²) in [5.41, 5.74) is 3.04. The molecule has 0 spiro atoms. The van der Waals surface area contributed by atoms with Crippen LogP contribution in [0.15, 0.2) is 48.5 Å². The van der Waals surface area contributed by atoms with Crippen molar-refractivity contribution in [2.45, 2.75) is 33.3 Å². The molecule has 0 fully saturated rings. The Hall–Kier alpha value is -2.95. The first kappa shape index (κ1) is 19.4. The molecule has 0 aromatic heterocycles. The van der Waals surface area contributed by atoms with Gasteiger partial charge in [0.1, 0.15) is 6.54 Å². The van der Waals surface area contributed by atoms with Crippen molar-refractivity contribution in [3.05, 3.63) is 70.8 Å². The number of Topliss-reactive ketones (excluding diaryl/α,β-unsaturated/α-hetero) is 1. The van der Waals surface area contributed by atoms with E-state index >= 15 is 0 Å². The van der Waals surface area contributed by atoms with Crippen molar-refractivity contribution in [2.75, 3.05) is 6.54 Å². The molecule has 2 aromatic rings. The number of aryl methyl sites for hydroxylation is 2. The average molecular weight is 353 g/mol. The minimum absolute atomic E-state index is 0.272. The van der Waals surface area contributed by atoms with Gasteiger partial charge in [0.25, 0.3) is 5.91 Å². The molecule has 5 heteroatoms. The minimum atomic E-state index is -0.911. The molecule has 1 amide bonds. The standard InChI is InChI=1S/C21H23NO4/c1-4-16-8-10-17(11-9-16)20(24)15(3)26-19(23)13-22-21(25)18-7-5-6-14(2)12-18/h5-12,15H,4,13H2,1-3H3,(H,22,25)/t15-/m0/s1. The topological polar surface area (TPSA) is 72.5 Å². The van der Waals surface area contributed by atoms with Gasteiger partial charge < -0.3 is 10.1 Å². The van der Waals surface area contributed by atoms with Gasteiger partial charge in [0.2, 0.25) is 5.78 Å². The van der Waals surface area contributed by atoms with E-state index in [4.69, 9.17) is 4.74 Å². The zero-order chi connectivity index (χ0) is 19.1. The fourth-order valence-corrected chi connectivity index (χ4v) is 2.47. The van der Waals surface area contributed by atoms with Crippen LogP contribution in [0.1, 0.15) is 45.7 Å². The molecule has 26 heavy (non-hydrogen) atoms. The molecule has 0 aliphatic rings. The van der Waals surface area contributed by atoms with E-state index in [2.05, 4.69) is 5.32 Å². The highest BCUT2D eigenvalue weighted by Crippen LogP contribution is 2.10. The largest absolute Gasteiger partial charge is 0.453 e. The zero-order valence-corrected chi connectivity index (χ0v) is 15.2. The Kier molecular flexibility index (Phi) is 6.67. The van der Waals surface area contributed by atoms with E-state index in [0.29, 0.717) is 11.1 Å². The third kappa shape index (κ3) is 5.28. The first-order chi connectivity index (χ1) is 12.4. The molecule has 0 bridgehead atoms. The Morgan fingerprint density at radius 1 is 1.04 bits per heavy atom. The van der Waals surface area contributed by atoms with Gasteiger partial charge in [-0.3, -0.25) is 14.4 Å². The van der Waals surface area contributed by atoms with E-state index in [1.54, 1.807) is 30.3 Å². The third-order valence-electron chi connectivity index (χ3n) is 4.00. The second-order valence-corrected chi connectivity index (χ2v) is 6.10. The minimum Gasteiger partial charge on any atom is -0.453 e. The molecule has 0 heterocycles. The Labute approximate surface area is 153 Å². The van der Waals surface area contributed by atoms with E-state index in [1.165, 1.54) is 6.92 Å². The van der Waals surface area contributed by atoms with E-state index in [1.807, 2.05) is 32.0 Å². The van der Waals surface area contributed by atoms with Gasteiger partial charge in [-0.1, -0.05) is 48.9 Å². The first-order valence-electron chi connectivity index (χ1n) is 8.58. The average Bonchev–Trinajstić information content (AvgIpc) is 2.65. The van der Waals surface area contributed by atoms with Crippen LogP contribution in [0, 0.1) is 6.92 Å². The maximum absolute atomic E-state index is 12.3. The van der Waals surface area contributed by atoms with E-state index < -0.39 is 12.1 Å². The van der Waals surface area contributed by atoms with Gasteiger partial charge in [-0.2, -0.15) is 0 Å². The summed E-state index contributed by atoms with van der Waals surface area (Å²) in [6.45, 7) is 5.15. The number of esters is 1. The molecule has 1 atom stereocenters. The van der Waals surface area contributed by atoms with Crippen LogP contribution in [-0.4, -0.2) is 30.3 Å². The zero-order valence-electron chi connectivity index (χ0n) is 15.2. The fraction of sp³-hybridized carbons (Fsp3) is 0.286. The molecule has 2 rings (SSSR count). The Morgan fingerprint density at radius 2 is 1.73 bits per heavy atom. The van der Waals surface area contributed by atoms with Crippen LogP contribution in [0.3, 0.4) is 0 Å². The summed E-state index contributed by atoms with van der Waals surface area (Å²) in [6.07, 6.45) is -0.0227. The van der Waals surface area contributed by atoms with Crippen LogP contribution in [0.2, 0.25) is 0 Å². The molecular formula is C21H23NO4. The Morgan fingerprint density at radius 3 is 2.35 bits per heavy atom. The SMILES string of the molecule is CCc1ccc(C(=O)[C@H](C)OC(=O)CNC(=O)c2cccc(C)c2)cc1. The molecule has 0 aliphatic heterocycles. The van der Waals surface area contributed by atoms with Crippen LogP contribution in [0.25, 0.3) is 0 Å². The molecule has 136 valence electrons. The van der Waals surface area contributed by atoms with Crippen LogP contribution < -0.4 is 5.32 Å². The van der Waals surface area contributed by atoms with Gasteiger partial charge in [-0.25, -0.2) is 0 Å². The summed E-state index contributed by atoms with van der Waals surface area (Å²) >= 11 is 0. The number of hydrogen-bond donors (Lipinski definition) is 1. The number of hydrogen-bond acceptors (Lipinski definition) is 4. The lowest BCUT2D eigenvalue weighted by atomic mass is 10.0. The van der Waals surface area contributed by atoms with Crippen molar-refractivity contribution in [1.29, 1.82) is 0 Å². The normalized spacial score (nSPS) is 11.5. The molecule has 0 aliphatic carbocycles. The van der Waals surface area contributed by atoms with Crippen LogP contribution >= 0.6 is 0 Å².